The third kappa shape index (κ3) is 4.22. The van der Waals surface area contributed by atoms with Gasteiger partial charge in [-0.3, -0.25) is 9.10 Å². The van der Waals surface area contributed by atoms with Gasteiger partial charge in [-0.25, -0.2) is 8.42 Å². The van der Waals surface area contributed by atoms with Crippen molar-refractivity contribution in [3.8, 4) is 0 Å². The summed E-state index contributed by atoms with van der Waals surface area (Å²) >= 11 is 0. The molecule has 28 heavy (non-hydrogen) atoms. The molecule has 1 aliphatic heterocycles. The molecule has 0 N–H and O–H groups in total. The van der Waals surface area contributed by atoms with Crippen molar-refractivity contribution in [3.63, 3.8) is 0 Å². The lowest BCUT2D eigenvalue weighted by Crippen LogP contribution is -2.37. The Labute approximate surface area is 168 Å². The zero-order valence-electron chi connectivity index (χ0n) is 17.0. The molecule has 2 aromatic rings. The molecule has 1 aliphatic rings. The largest absolute Gasteiger partial charge is 0.309 e. The molecule has 5 nitrogen and oxygen atoms in total. The molecule has 0 aliphatic carbocycles. The molecule has 1 unspecified atom stereocenters. The summed E-state index contributed by atoms with van der Waals surface area (Å²) in [5, 5.41) is 0. The summed E-state index contributed by atoms with van der Waals surface area (Å²) in [6.45, 7) is 6.30. The first-order valence-corrected chi connectivity index (χ1v) is 11.5. The fraction of sp³-hybridized carbons (Fsp3) is 0.409. The van der Waals surface area contributed by atoms with Crippen LogP contribution in [0.25, 0.3) is 0 Å². The molecular formula is C22H28N2O3S. The van der Waals surface area contributed by atoms with Crippen LogP contribution >= 0.6 is 0 Å². The standard InChI is InChI=1S/C22H28N2O3S/c1-16-11-12-20(14-17(16)2)23(28(4,26)27)13-7-10-22(25)24-18(3)15-19-8-5-6-9-21(19)24/h5-6,8-9,11-12,14,18H,7,10,13,15H2,1-4H3. The molecule has 2 aromatic carbocycles. The molecule has 0 saturated heterocycles. The highest BCUT2D eigenvalue weighted by Gasteiger charge is 2.30. The Kier molecular flexibility index (Phi) is 5.79. The average molecular weight is 401 g/mol. The lowest BCUT2D eigenvalue weighted by molar-refractivity contribution is -0.118. The molecule has 0 saturated carbocycles. The molecule has 0 bridgehead atoms. The zero-order chi connectivity index (χ0) is 20.5. The number of carbonyl (C=O) groups excluding carboxylic acids is 1. The molecule has 0 spiro atoms. The van der Waals surface area contributed by atoms with E-state index in [9.17, 15) is 13.2 Å². The van der Waals surface area contributed by atoms with Gasteiger partial charge >= 0.3 is 0 Å². The van der Waals surface area contributed by atoms with Gasteiger partial charge < -0.3 is 4.90 Å². The molecule has 1 atom stereocenters. The Hall–Kier alpha value is -2.34. The van der Waals surface area contributed by atoms with E-state index in [0.29, 0.717) is 18.5 Å². The van der Waals surface area contributed by atoms with Crippen LogP contribution in [0.15, 0.2) is 42.5 Å². The number of sulfonamides is 1. The minimum atomic E-state index is -3.42. The average Bonchev–Trinajstić information content (AvgIpc) is 2.96. The summed E-state index contributed by atoms with van der Waals surface area (Å²) < 4.78 is 26.0. The monoisotopic (exact) mass is 400 g/mol. The Morgan fingerprint density at radius 3 is 2.54 bits per heavy atom. The number of amides is 1. The van der Waals surface area contributed by atoms with Crippen LogP contribution in [0, 0.1) is 13.8 Å². The summed E-state index contributed by atoms with van der Waals surface area (Å²) in [5.74, 6) is 0.0472. The van der Waals surface area contributed by atoms with E-state index >= 15 is 0 Å². The van der Waals surface area contributed by atoms with Crippen molar-refractivity contribution < 1.29 is 13.2 Å². The normalized spacial score (nSPS) is 16.1. The van der Waals surface area contributed by atoms with Crippen LogP contribution in [0.5, 0.6) is 0 Å². The lowest BCUT2D eigenvalue weighted by atomic mass is 10.1. The fourth-order valence-electron chi connectivity index (χ4n) is 3.81. The number of aryl methyl sites for hydroxylation is 2. The summed E-state index contributed by atoms with van der Waals surface area (Å²) in [6.07, 6.45) is 2.86. The van der Waals surface area contributed by atoms with Crippen molar-refractivity contribution in [2.45, 2.75) is 46.1 Å². The first-order chi connectivity index (χ1) is 13.2. The highest BCUT2D eigenvalue weighted by atomic mass is 32.2. The van der Waals surface area contributed by atoms with Crippen molar-refractivity contribution in [2.24, 2.45) is 0 Å². The molecule has 150 valence electrons. The number of para-hydroxylation sites is 1. The van der Waals surface area contributed by atoms with Crippen LogP contribution in [0.1, 0.15) is 36.5 Å². The quantitative estimate of drug-likeness (QED) is 0.740. The maximum atomic E-state index is 12.8. The third-order valence-electron chi connectivity index (χ3n) is 5.41. The van der Waals surface area contributed by atoms with Crippen LogP contribution in [0.4, 0.5) is 11.4 Å². The van der Waals surface area contributed by atoms with Crippen molar-refractivity contribution in [1.29, 1.82) is 0 Å². The second-order valence-electron chi connectivity index (χ2n) is 7.65. The van der Waals surface area contributed by atoms with E-state index < -0.39 is 10.0 Å². The SMILES string of the molecule is Cc1ccc(N(CCCC(=O)N2c3ccccc3CC2C)S(C)(=O)=O)cc1C. The van der Waals surface area contributed by atoms with Crippen LogP contribution in [0.2, 0.25) is 0 Å². The number of benzene rings is 2. The molecule has 6 heteroatoms. The van der Waals surface area contributed by atoms with Crippen LogP contribution < -0.4 is 9.21 Å². The van der Waals surface area contributed by atoms with E-state index in [2.05, 4.69) is 13.0 Å². The Bertz CT molecular complexity index is 985. The van der Waals surface area contributed by atoms with Crippen molar-refractivity contribution in [3.05, 3.63) is 59.2 Å². The summed E-state index contributed by atoms with van der Waals surface area (Å²) in [5.41, 5.74) is 4.99. The second kappa shape index (κ2) is 7.95. The van der Waals surface area contributed by atoms with Gasteiger partial charge in [-0.1, -0.05) is 24.3 Å². The smallest absolute Gasteiger partial charge is 0.232 e. The predicted octanol–water partition coefficient (Wildman–Crippen LogP) is 3.83. The zero-order valence-corrected chi connectivity index (χ0v) is 17.8. The highest BCUT2D eigenvalue weighted by molar-refractivity contribution is 7.92. The third-order valence-corrected chi connectivity index (χ3v) is 6.60. The van der Waals surface area contributed by atoms with Gasteiger partial charge in [-0.2, -0.15) is 0 Å². The fourth-order valence-corrected chi connectivity index (χ4v) is 4.76. The molecule has 1 heterocycles. The van der Waals surface area contributed by atoms with Crippen LogP contribution in [-0.2, 0) is 21.2 Å². The first-order valence-electron chi connectivity index (χ1n) is 9.63. The highest BCUT2D eigenvalue weighted by Crippen LogP contribution is 2.32. The Morgan fingerprint density at radius 2 is 1.86 bits per heavy atom. The number of fused-ring (bicyclic) bond motifs is 1. The first kappa shape index (κ1) is 20.4. The van der Waals surface area contributed by atoms with Gasteiger partial charge in [0.2, 0.25) is 15.9 Å². The van der Waals surface area contributed by atoms with Crippen molar-refractivity contribution in [1.82, 2.24) is 0 Å². The van der Waals surface area contributed by atoms with Crippen LogP contribution in [0.3, 0.4) is 0 Å². The van der Waals surface area contributed by atoms with Gasteiger partial charge in [-0.05, 0) is 68.5 Å². The van der Waals surface area contributed by atoms with Gasteiger partial charge in [-0.15, -0.1) is 0 Å². The molecule has 0 fully saturated rings. The lowest BCUT2D eigenvalue weighted by Gasteiger charge is -2.25. The summed E-state index contributed by atoms with van der Waals surface area (Å²) in [7, 11) is -3.42. The number of carbonyl (C=O) groups is 1. The van der Waals surface area contributed by atoms with E-state index in [4.69, 9.17) is 0 Å². The molecule has 0 radical (unpaired) electrons. The molecule has 1 amide bonds. The molecular weight excluding hydrogens is 372 g/mol. The summed E-state index contributed by atoms with van der Waals surface area (Å²) in [6, 6.07) is 13.8. The van der Waals surface area contributed by atoms with Crippen molar-refractivity contribution in [2.75, 3.05) is 22.0 Å². The second-order valence-corrected chi connectivity index (χ2v) is 9.56. The summed E-state index contributed by atoms with van der Waals surface area (Å²) in [4.78, 5) is 14.7. The number of hydrogen-bond acceptors (Lipinski definition) is 3. The number of hydrogen-bond donors (Lipinski definition) is 0. The van der Waals surface area contributed by atoms with E-state index in [1.54, 1.807) is 0 Å². The van der Waals surface area contributed by atoms with Gasteiger partial charge in [0.05, 0.1) is 11.9 Å². The minimum absolute atomic E-state index is 0.0472. The van der Waals surface area contributed by atoms with Crippen molar-refractivity contribution >= 4 is 27.3 Å². The maximum absolute atomic E-state index is 12.8. The van der Waals surface area contributed by atoms with Gasteiger partial charge in [0, 0.05) is 24.7 Å². The van der Waals surface area contributed by atoms with E-state index in [1.165, 1.54) is 16.1 Å². The van der Waals surface area contributed by atoms with E-state index in [1.807, 2.05) is 55.1 Å². The minimum Gasteiger partial charge on any atom is -0.309 e. The predicted molar refractivity (Wildman–Crippen MR) is 114 cm³/mol. The number of anilines is 2. The van der Waals surface area contributed by atoms with Gasteiger partial charge in [0.25, 0.3) is 0 Å². The van der Waals surface area contributed by atoms with Gasteiger partial charge in [0.1, 0.15) is 0 Å². The Balaban J connectivity index is 1.69. The van der Waals surface area contributed by atoms with Gasteiger partial charge in [0.15, 0.2) is 0 Å². The number of rotatable bonds is 6. The molecule has 3 rings (SSSR count). The maximum Gasteiger partial charge on any atom is 0.232 e. The van der Waals surface area contributed by atoms with E-state index in [0.717, 1.165) is 23.2 Å². The van der Waals surface area contributed by atoms with Crippen LogP contribution in [-0.4, -0.2) is 33.2 Å². The topological polar surface area (TPSA) is 57.7 Å². The number of nitrogens with zero attached hydrogens (tertiary/aromatic N) is 2. The van der Waals surface area contributed by atoms with E-state index in [-0.39, 0.29) is 18.5 Å². The molecule has 0 aromatic heterocycles. The Morgan fingerprint density at radius 1 is 1.14 bits per heavy atom.